The molecule has 9 heteroatoms. The highest BCUT2D eigenvalue weighted by molar-refractivity contribution is 6.03. The molecule has 3 rings (SSSR count). The zero-order valence-electron chi connectivity index (χ0n) is 15.8. The van der Waals surface area contributed by atoms with Crippen molar-refractivity contribution in [1.29, 1.82) is 0 Å². The van der Waals surface area contributed by atoms with E-state index in [-0.39, 0.29) is 17.1 Å². The SMILES string of the molecule is CCOc1ccccc1NC(=O)c1nn(-c2ccccc2[N+](=O)[O-])c(C)cc1=O. The summed E-state index contributed by atoms with van der Waals surface area (Å²) in [4.78, 5) is 35.9. The number of nitrogens with one attached hydrogen (secondary N) is 1. The Labute approximate surface area is 165 Å². The van der Waals surface area contributed by atoms with Gasteiger partial charge in [-0.15, -0.1) is 0 Å². The molecule has 0 aliphatic heterocycles. The highest BCUT2D eigenvalue weighted by Gasteiger charge is 2.20. The van der Waals surface area contributed by atoms with Crippen molar-refractivity contribution in [1.82, 2.24) is 9.78 Å². The van der Waals surface area contributed by atoms with Gasteiger partial charge in [-0.1, -0.05) is 24.3 Å². The Hall–Kier alpha value is -4.01. The number of hydrogen-bond donors (Lipinski definition) is 1. The first kappa shape index (κ1) is 19.7. The van der Waals surface area contributed by atoms with Gasteiger partial charge in [-0.2, -0.15) is 5.10 Å². The van der Waals surface area contributed by atoms with Crippen LogP contribution in [-0.2, 0) is 0 Å². The number of para-hydroxylation sites is 4. The molecule has 0 unspecified atom stereocenters. The summed E-state index contributed by atoms with van der Waals surface area (Å²) in [6.07, 6.45) is 0. The lowest BCUT2D eigenvalue weighted by Gasteiger charge is -2.13. The second-order valence-electron chi connectivity index (χ2n) is 6.04. The first-order valence-electron chi connectivity index (χ1n) is 8.80. The van der Waals surface area contributed by atoms with Gasteiger partial charge in [-0.05, 0) is 32.0 Å². The normalized spacial score (nSPS) is 10.4. The molecule has 0 bridgehead atoms. The zero-order valence-corrected chi connectivity index (χ0v) is 15.8. The number of anilines is 1. The Morgan fingerprint density at radius 3 is 2.62 bits per heavy atom. The van der Waals surface area contributed by atoms with Crippen molar-refractivity contribution in [3.63, 3.8) is 0 Å². The van der Waals surface area contributed by atoms with E-state index in [4.69, 9.17) is 4.74 Å². The van der Waals surface area contributed by atoms with Crippen LogP contribution < -0.4 is 15.5 Å². The largest absolute Gasteiger partial charge is 0.492 e. The van der Waals surface area contributed by atoms with Gasteiger partial charge in [0.2, 0.25) is 5.43 Å². The summed E-state index contributed by atoms with van der Waals surface area (Å²) in [5, 5.41) is 18.1. The standard InChI is InChI=1S/C20H18N4O5/c1-3-29-18-11-7-4-8-14(18)21-20(26)19-17(25)12-13(2)23(22-19)15-9-5-6-10-16(15)24(27)28/h4-12H,3H2,1-2H3,(H,21,26). The lowest BCUT2D eigenvalue weighted by molar-refractivity contribution is -0.384. The van der Waals surface area contributed by atoms with Crippen LogP contribution in [-0.4, -0.2) is 27.2 Å². The fraction of sp³-hybridized carbons (Fsp3) is 0.150. The average Bonchev–Trinajstić information content (AvgIpc) is 2.69. The first-order valence-corrected chi connectivity index (χ1v) is 8.80. The Morgan fingerprint density at radius 2 is 1.90 bits per heavy atom. The number of nitro benzene ring substituents is 1. The minimum Gasteiger partial charge on any atom is -0.492 e. The lowest BCUT2D eigenvalue weighted by atomic mass is 10.2. The van der Waals surface area contributed by atoms with Crippen LogP contribution in [0.4, 0.5) is 11.4 Å². The summed E-state index contributed by atoms with van der Waals surface area (Å²) in [5.41, 5.74) is -0.281. The van der Waals surface area contributed by atoms with Crippen LogP contribution in [0.5, 0.6) is 5.75 Å². The predicted octanol–water partition coefficient (Wildman–Crippen LogP) is 3.10. The fourth-order valence-electron chi connectivity index (χ4n) is 2.78. The van der Waals surface area contributed by atoms with E-state index < -0.39 is 16.3 Å². The van der Waals surface area contributed by atoms with E-state index in [0.29, 0.717) is 23.7 Å². The molecule has 1 N–H and O–H groups in total. The topological polar surface area (TPSA) is 116 Å². The molecule has 0 saturated carbocycles. The molecule has 0 spiro atoms. The number of nitrogens with zero attached hydrogens (tertiary/aromatic N) is 3. The van der Waals surface area contributed by atoms with Crippen molar-refractivity contribution >= 4 is 17.3 Å². The number of aryl methyl sites for hydroxylation is 1. The summed E-state index contributed by atoms with van der Waals surface area (Å²) in [5.74, 6) is -0.288. The van der Waals surface area contributed by atoms with Crippen molar-refractivity contribution < 1.29 is 14.5 Å². The molecule has 0 fully saturated rings. The van der Waals surface area contributed by atoms with E-state index in [1.165, 1.54) is 28.9 Å². The van der Waals surface area contributed by atoms with Gasteiger partial charge < -0.3 is 10.1 Å². The maximum absolute atomic E-state index is 12.7. The van der Waals surface area contributed by atoms with E-state index in [1.807, 2.05) is 6.92 Å². The van der Waals surface area contributed by atoms with E-state index >= 15 is 0 Å². The Kier molecular flexibility index (Phi) is 5.68. The number of carbonyl (C=O) groups excluding carboxylic acids is 1. The van der Waals surface area contributed by atoms with Crippen molar-refractivity contribution in [3.05, 3.63) is 86.3 Å². The number of hydrogen-bond acceptors (Lipinski definition) is 6. The van der Waals surface area contributed by atoms with Crippen LogP contribution in [0.2, 0.25) is 0 Å². The van der Waals surface area contributed by atoms with Gasteiger partial charge in [0.05, 0.1) is 17.2 Å². The molecule has 0 saturated heterocycles. The van der Waals surface area contributed by atoms with Crippen molar-refractivity contribution in [2.24, 2.45) is 0 Å². The Morgan fingerprint density at radius 1 is 1.21 bits per heavy atom. The van der Waals surface area contributed by atoms with Gasteiger partial charge >= 0.3 is 0 Å². The molecule has 1 amide bonds. The fourth-order valence-corrected chi connectivity index (χ4v) is 2.78. The maximum Gasteiger partial charge on any atom is 0.294 e. The number of carbonyl (C=O) groups is 1. The molecular formula is C20H18N4O5. The van der Waals surface area contributed by atoms with Gasteiger partial charge in [0.15, 0.2) is 5.69 Å². The minimum absolute atomic E-state index is 0.152. The van der Waals surface area contributed by atoms with Crippen LogP contribution in [0.3, 0.4) is 0 Å². The number of benzene rings is 2. The molecule has 1 heterocycles. The number of nitro groups is 1. The van der Waals surface area contributed by atoms with Gasteiger partial charge in [0.25, 0.3) is 11.6 Å². The molecule has 3 aromatic rings. The summed E-state index contributed by atoms with van der Waals surface area (Å²) in [7, 11) is 0. The maximum atomic E-state index is 12.7. The van der Waals surface area contributed by atoms with Gasteiger partial charge in [-0.25, -0.2) is 4.68 Å². The quantitative estimate of drug-likeness (QED) is 0.507. The molecular weight excluding hydrogens is 376 g/mol. The molecule has 9 nitrogen and oxygen atoms in total. The summed E-state index contributed by atoms with van der Waals surface area (Å²) in [6.45, 7) is 3.79. The van der Waals surface area contributed by atoms with Crippen LogP contribution in [0.25, 0.3) is 5.69 Å². The number of ether oxygens (including phenoxy) is 1. The highest BCUT2D eigenvalue weighted by atomic mass is 16.6. The van der Waals surface area contributed by atoms with E-state index in [1.54, 1.807) is 37.3 Å². The summed E-state index contributed by atoms with van der Waals surface area (Å²) in [6, 6.07) is 14.0. The molecule has 2 aromatic carbocycles. The first-order chi connectivity index (χ1) is 13.9. The second kappa shape index (κ2) is 8.34. The van der Waals surface area contributed by atoms with E-state index in [9.17, 15) is 19.7 Å². The average molecular weight is 394 g/mol. The third-order valence-electron chi connectivity index (χ3n) is 4.06. The molecule has 0 atom stereocenters. The number of rotatable bonds is 6. The smallest absolute Gasteiger partial charge is 0.294 e. The molecule has 0 radical (unpaired) electrons. The molecule has 148 valence electrons. The lowest BCUT2D eigenvalue weighted by Crippen LogP contribution is -2.27. The molecule has 1 aromatic heterocycles. The monoisotopic (exact) mass is 394 g/mol. The molecule has 0 aliphatic rings. The van der Waals surface area contributed by atoms with Crippen LogP contribution in [0, 0.1) is 17.0 Å². The van der Waals surface area contributed by atoms with Crippen LogP contribution in [0.1, 0.15) is 23.1 Å². The second-order valence-corrected chi connectivity index (χ2v) is 6.04. The van der Waals surface area contributed by atoms with Gasteiger partial charge in [0.1, 0.15) is 11.4 Å². The minimum atomic E-state index is -0.741. The predicted molar refractivity (Wildman–Crippen MR) is 107 cm³/mol. The third-order valence-corrected chi connectivity index (χ3v) is 4.06. The number of aromatic nitrogens is 2. The highest BCUT2D eigenvalue weighted by Crippen LogP contribution is 2.25. The molecule has 0 aliphatic carbocycles. The molecule has 29 heavy (non-hydrogen) atoms. The Bertz CT molecular complexity index is 1140. The van der Waals surface area contributed by atoms with Crippen LogP contribution >= 0.6 is 0 Å². The summed E-state index contributed by atoms with van der Waals surface area (Å²) >= 11 is 0. The number of amides is 1. The zero-order chi connectivity index (χ0) is 21.0. The van der Waals surface area contributed by atoms with Crippen molar-refractivity contribution in [2.75, 3.05) is 11.9 Å². The van der Waals surface area contributed by atoms with Gasteiger partial charge in [0, 0.05) is 17.8 Å². The van der Waals surface area contributed by atoms with E-state index in [0.717, 1.165) is 0 Å². The summed E-state index contributed by atoms with van der Waals surface area (Å²) < 4.78 is 6.68. The third kappa shape index (κ3) is 4.13. The van der Waals surface area contributed by atoms with E-state index in [2.05, 4.69) is 10.4 Å². The Balaban J connectivity index is 2.04. The van der Waals surface area contributed by atoms with Crippen molar-refractivity contribution in [2.45, 2.75) is 13.8 Å². The van der Waals surface area contributed by atoms with Crippen LogP contribution in [0.15, 0.2) is 59.4 Å². The van der Waals surface area contributed by atoms with Gasteiger partial charge in [-0.3, -0.25) is 19.7 Å². The van der Waals surface area contributed by atoms with Crippen molar-refractivity contribution in [3.8, 4) is 11.4 Å².